The second kappa shape index (κ2) is 6.01. The molecule has 1 aromatic carbocycles. The molecule has 2 aliphatic carbocycles. The van der Waals surface area contributed by atoms with E-state index < -0.39 is 0 Å². The molecule has 1 saturated heterocycles. The third kappa shape index (κ3) is 2.84. The van der Waals surface area contributed by atoms with Crippen LogP contribution in [0, 0.1) is 17.8 Å². The molecule has 3 aliphatic rings. The van der Waals surface area contributed by atoms with E-state index in [9.17, 15) is 4.79 Å². The summed E-state index contributed by atoms with van der Waals surface area (Å²) in [5, 5.41) is 0.781. The van der Waals surface area contributed by atoms with Crippen LogP contribution in [0.3, 0.4) is 0 Å². The van der Waals surface area contributed by atoms with Gasteiger partial charge in [0.2, 0.25) is 5.91 Å². The minimum Gasteiger partial charge on any atom is -0.371 e. The molecule has 23 heavy (non-hydrogen) atoms. The Kier molecular flexibility index (Phi) is 4.00. The van der Waals surface area contributed by atoms with E-state index >= 15 is 0 Å². The quantitative estimate of drug-likeness (QED) is 0.840. The zero-order valence-electron chi connectivity index (χ0n) is 13.7. The van der Waals surface area contributed by atoms with Gasteiger partial charge in [-0.3, -0.25) is 4.79 Å². The lowest BCUT2D eigenvalue weighted by atomic mass is 10.0. The Balaban J connectivity index is 1.32. The molecule has 1 amide bonds. The summed E-state index contributed by atoms with van der Waals surface area (Å²) in [4.78, 5) is 17.2. The Morgan fingerprint density at radius 1 is 1.09 bits per heavy atom. The van der Waals surface area contributed by atoms with Crippen LogP contribution >= 0.6 is 11.6 Å². The van der Waals surface area contributed by atoms with Gasteiger partial charge in [0, 0.05) is 42.8 Å². The number of fused-ring (bicyclic) bond motifs is 1. The minimum atomic E-state index is 0.364. The predicted octanol–water partition coefficient (Wildman–Crippen LogP) is 3.81. The molecule has 124 valence electrons. The van der Waals surface area contributed by atoms with E-state index in [0.717, 1.165) is 42.8 Å². The summed E-state index contributed by atoms with van der Waals surface area (Å²) in [5.41, 5.74) is 1.23. The number of carbonyl (C=O) groups excluding carboxylic acids is 1. The second-order valence-electron chi connectivity index (χ2n) is 7.43. The van der Waals surface area contributed by atoms with E-state index in [1.54, 1.807) is 0 Å². The predicted molar refractivity (Wildman–Crippen MR) is 93.8 cm³/mol. The van der Waals surface area contributed by atoms with Gasteiger partial charge < -0.3 is 9.80 Å². The lowest BCUT2D eigenvalue weighted by Gasteiger charge is -2.38. The third-order valence-electron chi connectivity index (χ3n) is 6.24. The van der Waals surface area contributed by atoms with Gasteiger partial charge >= 0.3 is 0 Å². The molecule has 2 atom stereocenters. The molecule has 3 fully saturated rings. The third-order valence-corrected chi connectivity index (χ3v) is 6.50. The molecule has 4 rings (SSSR count). The fourth-order valence-electron chi connectivity index (χ4n) is 4.77. The maximum Gasteiger partial charge on any atom is 0.226 e. The molecule has 0 radical (unpaired) electrons. The van der Waals surface area contributed by atoms with Crippen molar-refractivity contribution in [2.24, 2.45) is 17.8 Å². The van der Waals surface area contributed by atoms with Crippen LogP contribution in [0.5, 0.6) is 0 Å². The van der Waals surface area contributed by atoms with E-state index in [1.807, 2.05) is 19.2 Å². The van der Waals surface area contributed by atoms with Gasteiger partial charge in [-0.2, -0.15) is 0 Å². The molecule has 1 heterocycles. The van der Waals surface area contributed by atoms with Gasteiger partial charge in [-0.05, 0) is 61.8 Å². The highest BCUT2D eigenvalue weighted by Crippen LogP contribution is 2.58. The Bertz CT molecular complexity index is 570. The van der Waals surface area contributed by atoms with Gasteiger partial charge in [0.1, 0.15) is 0 Å². The standard InChI is InChI=1S/C19H25ClN2O/c1-21(19(23)18-16-3-2-4-17(16)18)14-9-11-22(12-10-14)15-7-5-13(20)6-8-15/h5-8,14,16-18H,2-4,9-12H2,1H3. The van der Waals surface area contributed by atoms with Gasteiger partial charge in [-0.1, -0.05) is 18.0 Å². The molecule has 4 heteroatoms. The zero-order chi connectivity index (χ0) is 16.0. The summed E-state index contributed by atoms with van der Waals surface area (Å²) in [6, 6.07) is 8.48. The zero-order valence-corrected chi connectivity index (χ0v) is 14.5. The number of carbonyl (C=O) groups is 1. The monoisotopic (exact) mass is 332 g/mol. The SMILES string of the molecule is CN(C(=O)C1C2CCCC21)C1CCN(c2ccc(Cl)cc2)CC1. The van der Waals surface area contributed by atoms with Crippen molar-refractivity contribution in [3.8, 4) is 0 Å². The number of rotatable bonds is 3. The average molecular weight is 333 g/mol. The van der Waals surface area contributed by atoms with Crippen molar-refractivity contribution in [2.75, 3.05) is 25.0 Å². The topological polar surface area (TPSA) is 23.6 Å². The highest BCUT2D eigenvalue weighted by molar-refractivity contribution is 6.30. The Labute approximate surface area is 143 Å². The van der Waals surface area contributed by atoms with Gasteiger partial charge in [-0.25, -0.2) is 0 Å². The Morgan fingerprint density at radius 3 is 2.30 bits per heavy atom. The average Bonchev–Trinajstić information content (AvgIpc) is 3.06. The fraction of sp³-hybridized carbons (Fsp3) is 0.632. The van der Waals surface area contributed by atoms with Crippen molar-refractivity contribution >= 4 is 23.2 Å². The van der Waals surface area contributed by atoms with Gasteiger partial charge in [0.05, 0.1) is 0 Å². The van der Waals surface area contributed by atoms with Gasteiger partial charge in [0.15, 0.2) is 0 Å². The van der Waals surface area contributed by atoms with Crippen LogP contribution < -0.4 is 4.90 Å². The molecular formula is C19H25ClN2O. The Morgan fingerprint density at radius 2 is 1.70 bits per heavy atom. The molecule has 0 bridgehead atoms. The first-order valence-electron chi connectivity index (χ1n) is 8.92. The number of amides is 1. The summed E-state index contributed by atoms with van der Waals surface area (Å²) < 4.78 is 0. The largest absolute Gasteiger partial charge is 0.371 e. The molecule has 1 aliphatic heterocycles. The van der Waals surface area contributed by atoms with Crippen molar-refractivity contribution in [1.29, 1.82) is 0 Å². The van der Waals surface area contributed by atoms with Crippen LogP contribution in [0.25, 0.3) is 0 Å². The second-order valence-corrected chi connectivity index (χ2v) is 7.86. The molecule has 0 spiro atoms. The van der Waals surface area contributed by atoms with E-state index in [1.165, 1.54) is 24.9 Å². The normalized spacial score (nSPS) is 30.2. The first kappa shape index (κ1) is 15.3. The van der Waals surface area contributed by atoms with Crippen LogP contribution in [0.2, 0.25) is 5.02 Å². The van der Waals surface area contributed by atoms with Crippen LogP contribution in [-0.2, 0) is 4.79 Å². The van der Waals surface area contributed by atoms with Gasteiger partial charge in [-0.15, -0.1) is 0 Å². The highest BCUT2D eigenvalue weighted by Gasteiger charge is 2.57. The number of hydrogen-bond donors (Lipinski definition) is 0. The van der Waals surface area contributed by atoms with E-state index in [0.29, 0.717) is 17.9 Å². The van der Waals surface area contributed by atoms with Crippen LogP contribution in [-0.4, -0.2) is 37.0 Å². The lowest BCUT2D eigenvalue weighted by Crippen LogP contribution is -2.46. The van der Waals surface area contributed by atoms with E-state index in [2.05, 4.69) is 21.9 Å². The maximum absolute atomic E-state index is 12.7. The van der Waals surface area contributed by atoms with Crippen LogP contribution in [0.15, 0.2) is 24.3 Å². The number of hydrogen-bond acceptors (Lipinski definition) is 2. The summed E-state index contributed by atoms with van der Waals surface area (Å²) in [6.45, 7) is 2.03. The number of piperidine rings is 1. The molecule has 2 saturated carbocycles. The number of benzene rings is 1. The fourth-order valence-corrected chi connectivity index (χ4v) is 4.89. The van der Waals surface area contributed by atoms with Crippen molar-refractivity contribution in [3.63, 3.8) is 0 Å². The number of halogens is 1. The molecular weight excluding hydrogens is 308 g/mol. The van der Waals surface area contributed by atoms with Crippen LogP contribution in [0.4, 0.5) is 5.69 Å². The summed E-state index contributed by atoms with van der Waals surface area (Å²) in [7, 11) is 2.03. The van der Waals surface area contributed by atoms with Crippen molar-refractivity contribution in [2.45, 2.75) is 38.1 Å². The van der Waals surface area contributed by atoms with Crippen molar-refractivity contribution < 1.29 is 4.79 Å². The molecule has 0 aromatic heterocycles. The first-order valence-corrected chi connectivity index (χ1v) is 9.30. The smallest absolute Gasteiger partial charge is 0.226 e. The molecule has 0 N–H and O–H groups in total. The van der Waals surface area contributed by atoms with Crippen molar-refractivity contribution in [1.82, 2.24) is 4.90 Å². The number of anilines is 1. The molecule has 2 unspecified atom stereocenters. The Hall–Kier alpha value is -1.22. The summed E-state index contributed by atoms with van der Waals surface area (Å²) in [5.74, 6) is 2.23. The first-order chi connectivity index (χ1) is 11.1. The van der Waals surface area contributed by atoms with Gasteiger partial charge in [0.25, 0.3) is 0 Å². The maximum atomic E-state index is 12.7. The summed E-state index contributed by atoms with van der Waals surface area (Å²) >= 11 is 5.96. The van der Waals surface area contributed by atoms with Crippen LogP contribution in [0.1, 0.15) is 32.1 Å². The van der Waals surface area contributed by atoms with E-state index in [4.69, 9.17) is 11.6 Å². The lowest BCUT2D eigenvalue weighted by molar-refractivity contribution is -0.134. The molecule has 3 nitrogen and oxygen atoms in total. The highest BCUT2D eigenvalue weighted by atomic mass is 35.5. The van der Waals surface area contributed by atoms with Crippen molar-refractivity contribution in [3.05, 3.63) is 29.3 Å². The molecule has 1 aromatic rings. The minimum absolute atomic E-state index is 0.364. The summed E-state index contributed by atoms with van der Waals surface area (Å²) in [6.07, 6.45) is 6.02. The van der Waals surface area contributed by atoms with E-state index in [-0.39, 0.29) is 0 Å². The number of nitrogens with zero attached hydrogens (tertiary/aromatic N) is 2.